The second-order valence-electron chi connectivity index (χ2n) is 3.75. The molecular formula is C10H16O5S. The third-order valence-corrected chi connectivity index (χ3v) is 2.76. The average Bonchev–Trinajstić information content (AvgIpc) is 2.56. The van der Waals surface area contributed by atoms with E-state index in [1.54, 1.807) is 0 Å². The molecule has 0 saturated carbocycles. The van der Waals surface area contributed by atoms with Crippen molar-refractivity contribution in [1.82, 2.24) is 0 Å². The summed E-state index contributed by atoms with van der Waals surface area (Å²) in [5.74, 6) is -0.268. The normalized spacial score (nSPS) is 16.1. The number of hydrogen-bond acceptors (Lipinski definition) is 5. The molecule has 0 aromatic rings. The Labute approximate surface area is 95.6 Å². The van der Waals surface area contributed by atoms with Crippen molar-refractivity contribution < 1.29 is 22.1 Å². The summed E-state index contributed by atoms with van der Waals surface area (Å²) in [6.07, 6.45) is 5.88. The molecule has 5 nitrogen and oxygen atoms in total. The van der Waals surface area contributed by atoms with Gasteiger partial charge in [0, 0.05) is 6.08 Å². The Morgan fingerprint density at radius 2 is 2.12 bits per heavy atom. The summed E-state index contributed by atoms with van der Waals surface area (Å²) < 4.78 is 30.6. The third kappa shape index (κ3) is 5.87. The molecule has 0 aromatic heterocycles. The standard InChI is InChI=1S/C10H16O5S/c1-16(12,13)15-6-4-2-3-5-9-7-10(11)14-8-9/h7H,2-6,8H2,1H3. The van der Waals surface area contributed by atoms with E-state index in [2.05, 4.69) is 4.18 Å². The first kappa shape index (κ1) is 13.2. The van der Waals surface area contributed by atoms with Crippen LogP contribution in [0.15, 0.2) is 11.6 Å². The van der Waals surface area contributed by atoms with E-state index >= 15 is 0 Å². The van der Waals surface area contributed by atoms with Crippen LogP contribution in [0, 0.1) is 0 Å². The van der Waals surface area contributed by atoms with Crippen LogP contribution in [0.4, 0.5) is 0 Å². The van der Waals surface area contributed by atoms with Crippen molar-refractivity contribution in [3.8, 4) is 0 Å². The first-order valence-electron chi connectivity index (χ1n) is 5.18. The molecule has 0 unspecified atom stereocenters. The number of esters is 1. The highest BCUT2D eigenvalue weighted by atomic mass is 32.2. The van der Waals surface area contributed by atoms with E-state index in [1.165, 1.54) is 6.08 Å². The fraction of sp³-hybridized carbons (Fsp3) is 0.700. The average molecular weight is 248 g/mol. The van der Waals surface area contributed by atoms with Crippen LogP contribution >= 0.6 is 0 Å². The molecule has 16 heavy (non-hydrogen) atoms. The molecule has 6 heteroatoms. The quantitative estimate of drug-likeness (QED) is 0.382. The van der Waals surface area contributed by atoms with Gasteiger partial charge in [0.2, 0.25) is 0 Å². The van der Waals surface area contributed by atoms with Gasteiger partial charge < -0.3 is 4.74 Å². The highest BCUT2D eigenvalue weighted by Crippen LogP contribution is 2.14. The maximum atomic E-state index is 10.7. The van der Waals surface area contributed by atoms with Crippen molar-refractivity contribution in [2.24, 2.45) is 0 Å². The van der Waals surface area contributed by atoms with Gasteiger partial charge in [-0.2, -0.15) is 8.42 Å². The molecule has 0 fully saturated rings. The molecule has 0 radical (unpaired) electrons. The summed E-state index contributed by atoms with van der Waals surface area (Å²) in [5, 5.41) is 0. The molecule has 0 saturated heterocycles. The largest absolute Gasteiger partial charge is 0.458 e. The molecule has 0 aromatic carbocycles. The van der Waals surface area contributed by atoms with Gasteiger partial charge in [-0.25, -0.2) is 4.79 Å². The van der Waals surface area contributed by atoms with Gasteiger partial charge in [0.05, 0.1) is 12.9 Å². The van der Waals surface area contributed by atoms with Crippen LogP contribution in [0.3, 0.4) is 0 Å². The van der Waals surface area contributed by atoms with Crippen LogP contribution in [-0.2, 0) is 23.8 Å². The highest BCUT2D eigenvalue weighted by molar-refractivity contribution is 7.85. The molecule has 1 aliphatic heterocycles. The van der Waals surface area contributed by atoms with Crippen molar-refractivity contribution in [3.05, 3.63) is 11.6 Å². The molecule has 92 valence electrons. The minimum Gasteiger partial charge on any atom is -0.458 e. The molecule has 0 atom stereocenters. The summed E-state index contributed by atoms with van der Waals surface area (Å²) >= 11 is 0. The first-order valence-corrected chi connectivity index (χ1v) is 6.99. The Kier molecular flexibility index (Phi) is 4.95. The number of hydrogen-bond donors (Lipinski definition) is 0. The van der Waals surface area contributed by atoms with E-state index < -0.39 is 10.1 Å². The van der Waals surface area contributed by atoms with E-state index in [1.807, 2.05) is 0 Å². The molecule has 0 spiro atoms. The Balaban J connectivity index is 2.00. The Morgan fingerprint density at radius 1 is 1.38 bits per heavy atom. The zero-order valence-electron chi connectivity index (χ0n) is 9.27. The summed E-state index contributed by atoms with van der Waals surface area (Å²) in [5.41, 5.74) is 1.01. The summed E-state index contributed by atoms with van der Waals surface area (Å²) in [7, 11) is -3.31. The summed E-state index contributed by atoms with van der Waals surface area (Å²) in [4.78, 5) is 10.7. The van der Waals surface area contributed by atoms with Gasteiger partial charge in [-0.3, -0.25) is 4.18 Å². The van der Waals surface area contributed by atoms with Crippen LogP contribution < -0.4 is 0 Å². The summed E-state index contributed by atoms with van der Waals surface area (Å²) in [6.45, 7) is 0.631. The number of carbonyl (C=O) groups is 1. The van der Waals surface area contributed by atoms with Crippen molar-refractivity contribution >= 4 is 16.1 Å². The van der Waals surface area contributed by atoms with Gasteiger partial charge in [0.25, 0.3) is 10.1 Å². The smallest absolute Gasteiger partial charge is 0.331 e. The molecule has 1 rings (SSSR count). The topological polar surface area (TPSA) is 69.7 Å². The van der Waals surface area contributed by atoms with Crippen molar-refractivity contribution in [2.45, 2.75) is 25.7 Å². The van der Waals surface area contributed by atoms with Gasteiger partial charge in [-0.1, -0.05) is 6.42 Å². The van der Waals surface area contributed by atoms with Crippen LogP contribution in [0.5, 0.6) is 0 Å². The van der Waals surface area contributed by atoms with Gasteiger partial charge >= 0.3 is 5.97 Å². The van der Waals surface area contributed by atoms with Gasteiger partial charge in [0.1, 0.15) is 6.61 Å². The molecule has 0 amide bonds. The second kappa shape index (κ2) is 6.00. The van der Waals surface area contributed by atoms with E-state index in [0.717, 1.165) is 31.1 Å². The van der Waals surface area contributed by atoms with Crippen LogP contribution in [0.2, 0.25) is 0 Å². The van der Waals surface area contributed by atoms with E-state index in [-0.39, 0.29) is 12.6 Å². The van der Waals surface area contributed by atoms with Crippen molar-refractivity contribution in [2.75, 3.05) is 19.5 Å². The number of cyclic esters (lactones) is 1. The van der Waals surface area contributed by atoms with E-state index in [9.17, 15) is 13.2 Å². The second-order valence-corrected chi connectivity index (χ2v) is 5.39. The van der Waals surface area contributed by atoms with E-state index in [4.69, 9.17) is 4.74 Å². The van der Waals surface area contributed by atoms with Crippen molar-refractivity contribution in [3.63, 3.8) is 0 Å². The maximum absolute atomic E-state index is 10.7. The minimum atomic E-state index is -3.31. The summed E-state index contributed by atoms with van der Waals surface area (Å²) in [6, 6.07) is 0. The zero-order valence-corrected chi connectivity index (χ0v) is 10.1. The third-order valence-electron chi connectivity index (χ3n) is 2.16. The fourth-order valence-electron chi connectivity index (χ4n) is 1.40. The highest BCUT2D eigenvalue weighted by Gasteiger charge is 2.11. The fourth-order valence-corrected chi connectivity index (χ4v) is 1.82. The SMILES string of the molecule is CS(=O)(=O)OCCCCCC1=CC(=O)OC1. The molecule has 1 aliphatic rings. The molecular weight excluding hydrogens is 232 g/mol. The number of rotatable bonds is 7. The van der Waals surface area contributed by atoms with Crippen LogP contribution in [-0.4, -0.2) is 33.9 Å². The van der Waals surface area contributed by atoms with Crippen molar-refractivity contribution in [1.29, 1.82) is 0 Å². The number of carbonyl (C=O) groups excluding carboxylic acids is 1. The zero-order chi connectivity index (χ0) is 12.0. The Bertz CT molecular complexity index is 369. The molecule has 0 N–H and O–H groups in total. The molecule has 1 heterocycles. The van der Waals surface area contributed by atoms with Gasteiger partial charge in [-0.05, 0) is 24.8 Å². The first-order chi connectivity index (χ1) is 7.47. The van der Waals surface area contributed by atoms with Crippen LogP contribution in [0.1, 0.15) is 25.7 Å². The van der Waals surface area contributed by atoms with E-state index in [0.29, 0.717) is 13.0 Å². The van der Waals surface area contributed by atoms with Gasteiger partial charge in [-0.15, -0.1) is 0 Å². The lowest BCUT2D eigenvalue weighted by Gasteiger charge is -2.02. The Hall–Kier alpha value is -0.880. The lowest BCUT2D eigenvalue weighted by atomic mass is 10.1. The molecule has 0 aliphatic carbocycles. The van der Waals surface area contributed by atoms with Gasteiger partial charge in [0.15, 0.2) is 0 Å². The number of unbranched alkanes of at least 4 members (excludes halogenated alkanes) is 2. The lowest BCUT2D eigenvalue weighted by Crippen LogP contribution is -2.03. The monoisotopic (exact) mass is 248 g/mol. The van der Waals surface area contributed by atoms with Crippen LogP contribution in [0.25, 0.3) is 0 Å². The predicted molar refractivity (Wildman–Crippen MR) is 58.3 cm³/mol. The molecule has 0 bridgehead atoms. The predicted octanol–water partition coefficient (Wildman–Crippen LogP) is 1.01. The Morgan fingerprint density at radius 3 is 2.69 bits per heavy atom. The lowest BCUT2D eigenvalue weighted by molar-refractivity contribution is -0.134. The maximum Gasteiger partial charge on any atom is 0.331 e. The minimum absolute atomic E-state index is 0.229. The number of ether oxygens (including phenoxy) is 1.